The second-order valence-corrected chi connectivity index (χ2v) is 4.08. The van der Waals surface area contributed by atoms with Gasteiger partial charge in [-0.3, -0.25) is 4.79 Å². The number of carbonyl (C=O) groups is 1. The first-order valence-electron chi connectivity index (χ1n) is 5.30. The summed E-state index contributed by atoms with van der Waals surface area (Å²) < 4.78 is 13.4. The number of Topliss-reactive ketones (excluding diaryl/α,β-unsaturated/α-hetero) is 1. The highest BCUT2D eigenvalue weighted by Crippen LogP contribution is 2.18. The third-order valence-electron chi connectivity index (χ3n) is 2.33. The Labute approximate surface area is 99.6 Å². The molecular formula is C12H15ClFNO. The van der Waals surface area contributed by atoms with Gasteiger partial charge in [0, 0.05) is 12.8 Å². The first-order valence-corrected chi connectivity index (χ1v) is 5.67. The molecule has 2 nitrogen and oxygen atoms in total. The lowest BCUT2D eigenvalue weighted by Crippen LogP contribution is -2.06. The molecule has 1 rings (SSSR count). The Hall–Kier alpha value is -0.930. The van der Waals surface area contributed by atoms with Gasteiger partial charge in [-0.2, -0.15) is 0 Å². The third-order valence-corrected chi connectivity index (χ3v) is 2.62. The molecule has 0 saturated carbocycles. The average molecular weight is 244 g/mol. The summed E-state index contributed by atoms with van der Waals surface area (Å²) in [4.78, 5) is 11.5. The average Bonchev–Trinajstić information content (AvgIpc) is 2.25. The molecule has 1 aromatic rings. The zero-order valence-electron chi connectivity index (χ0n) is 9.01. The number of benzene rings is 1. The minimum Gasteiger partial charge on any atom is -0.330 e. The maximum Gasteiger partial charge on any atom is 0.145 e. The molecule has 0 spiro atoms. The lowest BCUT2D eigenvalue weighted by molar-refractivity contribution is -0.118. The Morgan fingerprint density at radius 3 is 2.81 bits per heavy atom. The molecule has 0 saturated heterocycles. The van der Waals surface area contributed by atoms with Gasteiger partial charge < -0.3 is 5.73 Å². The van der Waals surface area contributed by atoms with Gasteiger partial charge >= 0.3 is 0 Å². The van der Waals surface area contributed by atoms with Crippen LogP contribution in [0.2, 0.25) is 5.02 Å². The Kier molecular flexibility index (Phi) is 5.43. The van der Waals surface area contributed by atoms with Crippen LogP contribution in [0.3, 0.4) is 0 Å². The fourth-order valence-corrected chi connectivity index (χ4v) is 1.65. The molecule has 0 aliphatic heterocycles. The molecule has 0 aliphatic rings. The molecule has 0 bridgehead atoms. The summed E-state index contributed by atoms with van der Waals surface area (Å²) in [5.74, 6) is -0.467. The van der Waals surface area contributed by atoms with Gasteiger partial charge in [0.1, 0.15) is 11.6 Å². The minimum atomic E-state index is -0.489. The maximum absolute atomic E-state index is 13.4. The van der Waals surface area contributed by atoms with E-state index in [0.29, 0.717) is 18.5 Å². The summed E-state index contributed by atoms with van der Waals surface area (Å²) in [5.41, 5.74) is 5.69. The van der Waals surface area contributed by atoms with E-state index in [0.717, 1.165) is 12.8 Å². The fraction of sp³-hybridized carbons (Fsp3) is 0.417. The van der Waals surface area contributed by atoms with Crippen LogP contribution in [0.4, 0.5) is 4.39 Å². The van der Waals surface area contributed by atoms with E-state index in [1.807, 2.05) is 0 Å². The van der Waals surface area contributed by atoms with Crippen LogP contribution in [0.1, 0.15) is 24.8 Å². The van der Waals surface area contributed by atoms with Gasteiger partial charge in [0.05, 0.1) is 5.02 Å². The van der Waals surface area contributed by atoms with E-state index in [1.54, 1.807) is 12.1 Å². The Bertz CT molecular complexity index is 368. The first-order chi connectivity index (χ1) is 7.65. The van der Waals surface area contributed by atoms with E-state index in [-0.39, 0.29) is 17.2 Å². The molecule has 0 heterocycles. The number of nitrogens with two attached hydrogens (primary N) is 1. The van der Waals surface area contributed by atoms with Crippen LogP contribution in [0.5, 0.6) is 0 Å². The highest BCUT2D eigenvalue weighted by molar-refractivity contribution is 6.30. The van der Waals surface area contributed by atoms with Gasteiger partial charge in [0.15, 0.2) is 0 Å². The van der Waals surface area contributed by atoms with E-state index in [4.69, 9.17) is 17.3 Å². The van der Waals surface area contributed by atoms with Crippen molar-refractivity contribution in [1.82, 2.24) is 0 Å². The van der Waals surface area contributed by atoms with Crippen molar-refractivity contribution in [3.8, 4) is 0 Å². The molecule has 0 aromatic heterocycles. The monoisotopic (exact) mass is 243 g/mol. The van der Waals surface area contributed by atoms with Crippen molar-refractivity contribution in [2.24, 2.45) is 5.73 Å². The van der Waals surface area contributed by atoms with Gasteiger partial charge in [-0.25, -0.2) is 4.39 Å². The fourth-order valence-electron chi connectivity index (χ4n) is 1.45. The number of rotatable bonds is 6. The molecule has 0 unspecified atom stereocenters. The molecule has 1 aromatic carbocycles. The number of hydrogen-bond acceptors (Lipinski definition) is 2. The van der Waals surface area contributed by atoms with Crippen molar-refractivity contribution in [2.45, 2.75) is 25.7 Å². The largest absolute Gasteiger partial charge is 0.330 e. The molecular weight excluding hydrogens is 229 g/mol. The van der Waals surface area contributed by atoms with Crippen LogP contribution < -0.4 is 5.73 Å². The van der Waals surface area contributed by atoms with E-state index >= 15 is 0 Å². The summed E-state index contributed by atoms with van der Waals surface area (Å²) in [7, 11) is 0. The highest BCUT2D eigenvalue weighted by atomic mass is 35.5. The lowest BCUT2D eigenvalue weighted by Gasteiger charge is -2.03. The van der Waals surface area contributed by atoms with Crippen LogP contribution in [0, 0.1) is 5.82 Å². The molecule has 0 aliphatic carbocycles. The summed E-state index contributed by atoms with van der Waals surface area (Å²) in [6.45, 7) is 0.582. The van der Waals surface area contributed by atoms with Gasteiger partial charge in [0.25, 0.3) is 0 Å². The maximum atomic E-state index is 13.4. The van der Waals surface area contributed by atoms with Crippen molar-refractivity contribution in [3.63, 3.8) is 0 Å². The normalized spacial score (nSPS) is 10.4. The van der Waals surface area contributed by atoms with E-state index in [9.17, 15) is 9.18 Å². The number of carbonyl (C=O) groups excluding carboxylic acids is 1. The summed E-state index contributed by atoms with van der Waals surface area (Å²) >= 11 is 5.62. The van der Waals surface area contributed by atoms with Gasteiger partial charge in [-0.05, 0) is 31.0 Å². The first kappa shape index (κ1) is 13.1. The van der Waals surface area contributed by atoms with Crippen LogP contribution in [-0.2, 0) is 11.2 Å². The van der Waals surface area contributed by atoms with E-state index in [1.165, 1.54) is 6.07 Å². The molecule has 4 heteroatoms. The number of unbranched alkanes of at least 4 members (excludes halogenated alkanes) is 1. The van der Waals surface area contributed by atoms with E-state index in [2.05, 4.69) is 0 Å². The summed E-state index contributed by atoms with van der Waals surface area (Å²) in [6.07, 6.45) is 2.14. The summed E-state index contributed by atoms with van der Waals surface area (Å²) in [6, 6.07) is 4.70. The number of ketones is 1. The number of halogens is 2. The van der Waals surface area contributed by atoms with Gasteiger partial charge in [0.2, 0.25) is 0 Å². The molecule has 0 fully saturated rings. The molecule has 16 heavy (non-hydrogen) atoms. The van der Waals surface area contributed by atoms with Gasteiger partial charge in [-0.15, -0.1) is 0 Å². The predicted octanol–water partition coefficient (Wildman–Crippen LogP) is 2.72. The van der Waals surface area contributed by atoms with Crippen LogP contribution in [-0.4, -0.2) is 12.3 Å². The SMILES string of the molecule is NCCCCC(=O)Cc1cccc(Cl)c1F. The zero-order chi connectivity index (χ0) is 12.0. The molecule has 88 valence electrons. The van der Waals surface area contributed by atoms with Crippen molar-refractivity contribution in [2.75, 3.05) is 6.54 Å². The lowest BCUT2D eigenvalue weighted by atomic mass is 10.0. The molecule has 0 radical (unpaired) electrons. The van der Waals surface area contributed by atoms with Crippen LogP contribution >= 0.6 is 11.6 Å². The topological polar surface area (TPSA) is 43.1 Å². The van der Waals surface area contributed by atoms with Crippen molar-refractivity contribution in [1.29, 1.82) is 0 Å². The zero-order valence-corrected chi connectivity index (χ0v) is 9.77. The van der Waals surface area contributed by atoms with E-state index < -0.39 is 5.82 Å². The molecule has 0 amide bonds. The smallest absolute Gasteiger partial charge is 0.145 e. The second kappa shape index (κ2) is 6.61. The number of hydrogen-bond donors (Lipinski definition) is 1. The van der Waals surface area contributed by atoms with Crippen LogP contribution in [0.15, 0.2) is 18.2 Å². The summed E-state index contributed by atoms with van der Waals surface area (Å²) in [5, 5.41) is 0.0623. The minimum absolute atomic E-state index is 0.0228. The van der Waals surface area contributed by atoms with Crippen LogP contribution in [0.25, 0.3) is 0 Å². The molecule has 0 atom stereocenters. The Morgan fingerprint density at radius 1 is 1.38 bits per heavy atom. The van der Waals surface area contributed by atoms with Crippen molar-refractivity contribution < 1.29 is 9.18 Å². The second-order valence-electron chi connectivity index (χ2n) is 3.67. The Morgan fingerprint density at radius 2 is 2.12 bits per heavy atom. The van der Waals surface area contributed by atoms with Crippen molar-refractivity contribution in [3.05, 3.63) is 34.6 Å². The standard InChI is InChI=1S/C12H15ClFNO/c13-11-6-3-4-9(12(11)14)8-10(16)5-1-2-7-15/h3-4,6H,1-2,5,7-8,15H2. The van der Waals surface area contributed by atoms with Gasteiger partial charge in [-0.1, -0.05) is 23.7 Å². The molecule has 2 N–H and O–H groups in total. The highest BCUT2D eigenvalue weighted by Gasteiger charge is 2.10. The van der Waals surface area contributed by atoms with Crippen molar-refractivity contribution >= 4 is 17.4 Å². The third kappa shape index (κ3) is 3.91. The quantitative estimate of drug-likeness (QED) is 0.781. The Balaban J connectivity index is 2.53. The predicted molar refractivity (Wildman–Crippen MR) is 63.0 cm³/mol.